The van der Waals surface area contributed by atoms with E-state index in [1.807, 2.05) is 0 Å². The van der Waals surface area contributed by atoms with Crippen LogP contribution in [0.15, 0.2) is 24.3 Å². The Balaban J connectivity index is 2.58. The molecular weight excluding hydrogens is 257 g/mol. The lowest BCUT2D eigenvalue weighted by atomic mass is 9.99. The minimum Gasteiger partial charge on any atom is -0.410 e. The van der Waals surface area contributed by atoms with Crippen LogP contribution < -0.4 is 4.74 Å². The van der Waals surface area contributed by atoms with E-state index in [0.717, 1.165) is 10.9 Å². The molecule has 0 bridgehead atoms. The SMILES string of the molecule is C#Cc1c(F)ccc2cc(OC(=O)N(C)C)cc(C)c12. The largest absolute Gasteiger partial charge is 0.414 e. The predicted octanol–water partition coefficient (Wildman–Crippen LogP) is 3.33. The Bertz CT molecular complexity index is 729. The first-order valence-electron chi connectivity index (χ1n) is 6.02. The molecule has 2 aromatic rings. The molecule has 0 heterocycles. The van der Waals surface area contributed by atoms with Crippen LogP contribution in [0.4, 0.5) is 9.18 Å². The van der Waals surface area contributed by atoms with Gasteiger partial charge in [0.2, 0.25) is 0 Å². The number of halogens is 1. The Kier molecular flexibility index (Phi) is 3.62. The number of hydrogen-bond acceptors (Lipinski definition) is 2. The van der Waals surface area contributed by atoms with Gasteiger partial charge in [-0.2, -0.15) is 0 Å². The van der Waals surface area contributed by atoms with E-state index in [0.29, 0.717) is 11.1 Å². The van der Waals surface area contributed by atoms with Crippen LogP contribution in [0.25, 0.3) is 10.8 Å². The van der Waals surface area contributed by atoms with Gasteiger partial charge in [0, 0.05) is 19.5 Å². The van der Waals surface area contributed by atoms with Crippen LogP contribution >= 0.6 is 0 Å². The second-order valence-electron chi connectivity index (χ2n) is 4.67. The Hall–Kier alpha value is -2.54. The van der Waals surface area contributed by atoms with Crippen LogP contribution in [0.1, 0.15) is 11.1 Å². The fraction of sp³-hybridized carbons (Fsp3) is 0.188. The molecule has 20 heavy (non-hydrogen) atoms. The lowest BCUT2D eigenvalue weighted by Gasteiger charge is -2.13. The molecule has 0 unspecified atom stereocenters. The summed E-state index contributed by atoms with van der Waals surface area (Å²) in [7, 11) is 3.20. The first-order chi connectivity index (χ1) is 9.43. The number of rotatable bonds is 1. The van der Waals surface area contributed by atoms with E-state index in [1.54, 1.807) is 39.2 Å². The van der Waals surface area contributed by atoms with Gasteiger partial charge >= 0.3 is 6.09 Å². The number of ether oxygens (including phenoxy) is 1. The number of carbonyl (C=O) groups is 1. The summed E-state index contributed by atoms with van der Waals surface area (Å²) in [6.07, 6.45) is 4.89. The van der Waals surface area contributed by atoms with E-state index in [-0.39, 0.29) is 5.56 Å². The van der Waals surface area contributed by atoms with Crippen LogP contribution in [0.5, 0.6) is 5.75 Å². The predicted molar refractivity (Wildman–Crippen MR) is 76.3 cm³/mol. The highest BCUT2D eigenvalue weighted by Gasteiger charge is 2.12. The summed E-state index contributed by atoms with van der Waals surface area (Å²) in [5.41, 5.74) is 0.988. The van der Waals surface area contributed by atoms with E-state index < -0.39 is 11.9 Å². The molecule has 102 valence electrons. The van der Waals surface area contributed by atoms with Crippen molar-refractivity contribution >= 4 is 16.9 Å². The van der Waals surface area contributed by atoms with Crippen molar-refractivity contribution in [2.45, 2.75) is 6.92 Å². The summed E-state index contributed by atoms with van der Waals surface area (Å²) >= 11 is 0. The second kappa shape index (κ2) is 5.22. The third-order valence-electron chi connectivity index (χ3n) is 2.95. The van der Waals surface area contributed by atoms with Gasteiger partial charge in [0.1, 0.15) is 11.6 Å². The molecule has 0 aliphatic rings. The fourth-order valence-electron chi connectivity index (χ4n) is 2.01. The van der Waals surface area contributed by atoms with Crippen LogP contribution in [-0.4, -0.2) is 25.1 Å². The highest BCUT2D eigenvalue weighted by molar-refractivity contribution is 5.92. The smallest absolute Gasteiger partial charge is 0.410 e. The van der Waals surface area contributed by atoms with Crippen molar-refractivity contribution in [3.63, 3.8) is 0 Å². The lowest BCUT2D eigenvalue weighted by molar-refractivity contribution is 0.172. The molecule has 0 aliphatic carbocycles. The third-order valence-corrected chi connectivity index (χ3v) is 2.95. The molecule has 0 atom stereocenters. The number of aryl methyl sites for hydroxylation is 1. The van der Waals surface area contributed by atoms with Crippen LogP contribution in [0.3, 0.4) is 0 Å². The van der Waals surface area contributed by atoms with Crippen LogP contribution in [0, 0.1) is 25.1 Å². The first kappa shape index (κ1) is 13.9. The van der Waals surface area contributed by atoms with E-state index in [4.69, 9.17) is 11.2 Å². The average Bonchev–Trinajstić information content (AvgIpc) is 2.39. The normalized spacial score (nSPS) is 10.2. The summed E-state index contributed by atoms with van der Waals surface area (Å²) in [5, 5.41) is 1.40. The van der Waals surface area contributed by atoms with Crippen molar-refractivity contribution in [1.82, 2.24) is 4.90 Å². The monoisotopic (exact) mass is 271 g/mol. The molecule has 0 aromatic heterocycles. The first-order valence-corrected chi connectivity index (χ1v) is 6.02. The minimum absolute atomic E-state index is 0.227. The number of fused-ring (bicyclic) bond motifs is 1. The number of benzene rings is 2. The highest BCUT2D eigenvalue weighted by atomic mass is 19.1. The summed E-state index contributed by atoms with van der Waals surface area (Å²) in [6.45, 7) is 1.80. The molecule has 0 N–H and O–H groups in total. The van der Waals surface area contributed by atoms with Gasteiger partial charge in [-0.1, -0.05) is 12.0 Å². The third kappa shape index (κ3) is 2.43. The molecular formula is C16H14FNO2. The second-order valence-corrected chi connectivity index (χ2v) is 4.67. The zero-order valence-corrected chi connectivity index (χ0v) is 11.5. The maximum absolute atomic E-state index is 13.7. The van der Waals surface area contributed by atoms with Gasteiger partial charge in [0.05, 0.1) is 5.56 Å². The molecule has 4 heteroatoms. The summed E-state index contributed by atoms with van der Waals surface area (Å²) in [5.74, 6) is 2.34. The van der Waals surface area contributed by atoms with E-state index >= 15 is 0 Å². The molecule has 0 saturated carbocycles. The number of nitrogens with zero attached hydrogens (tertiary/aromatic N) is 1. The highest BCUT2D eigenvalue weighted by Crippen LogP contribution is 2.29. The maximum Gasteiger partial charge on any atom is 0.414 e. The van der Waals surface area contributed by atoms with Gasteiger partial charge in [-0.3, -0.25) is 0 Å². The number of amides is 1. The topological polar surface area (TPSA) is 29.5 Å². The summed E-state index contributed by atoms with van der Waals surface area (Å²) in [6, 6.07) is 6.27. The lowest BCUT2D eigenvalue weighted by Crippen LogP contribution is -2.25. The Morgan fingerprint density at radius 2 is 2.05 bits per heavy atom. The molecule has 3 nitrogen and oxygen atoms in total. The number of terminal acetylenes is 1. The van der Waals surface area contributed by atoms with E-state index in [9.17, 15) is 9.18 Å². The van der Waals surface area contributed by atoms with Gasteiger partial charge < -0.3 is 9.64 Å². The van der Waals surface area contributed by atoms with E-state index in [2.05, 4.69) is 5.92 Å². The Labute approximate surface area is 117 Å². The molecule has 2 rings (SSSR count). The van der Waals surface area contributed by atoms with Gasteiger partial charge in [-0.15, -0.1) is 6.42 Å². The van der Waals surface area contributed by atoms with Gasteiger partial charge in [0.25, 0.3) is 0 Å². The van der Waals surface area contributed by atoms with Gasteiger partial charge in [-0.05, 0) is 36.1 Å². The van der Waals surface area contributed by atoms with Crippen molar-refractivity contribution in [3.8, 4) is 18.1 Å². The molecule has 0 saturated heterocycles. The van der Waals surface area contributed by atoms with Crippen molar-refractivity contribution in [1.29, 1.82) is 0 Å². The molecule has 1 amide bonds. The fourth-order valence-corrected chi connectivity index (χ4v) is 2.01. The molecule has 0 spiro atoms. The van der Waals surface area contributed by atoms with Crippen molar-refractivity contribution in [2.24, 2.45) is 0 Å². The summed E-state index contributed by atoms with van der Waals surface area (Å²) in [4.78, 5) is 12.9. The van der Waals surface area contributed by atoms with Crippen molar-refractivity contribution in [3.05, 3.63) is 41.2 Å². The van der Waals surface area contributed by atoms with Crippen molar-refractivity contribution < 1.29 is 13.9 Å². The average molecular weight is 271 g/mol. The standard InChI is InChI=1S/C16H14FNO2/c1-5-13-14(17)7-6-11-9-12(8-10(2)15(11)13)20-16(19)18(3)4/h1,6-9H,2-4H3. The zero-order chi connectivity index (χ0) is 14.9. The maximum atomic E-state index is 13.7. The molecule has 2 aromatic carbocycles. The van der Waals surface area contributed by atoms with Crippen LogP contribution in [0.2, 0.25) is 0 Å². The molecule has 0 radical (unpaired) electrons. The van der Waals surface area contributed by atoms with Gasteiger partial charge in [-0.25, -0.2) is 9.18 Å². The summed E-state index contributed by atoms with van der Waals surface area (Å²) < 4.78 is 18.9. The quantitative estimate of drug-likeness (QED) is 0.745. The van der Waals surface area contributed by atoms with E-state index in [1.165, 1.54) is 11.0 Å². The minimum atomic E-state index is -0.469. The molecule has 0 aliphatic heterocycles. The number of carbonyl (C=O) groups excluding carboxylic acids is 1. The van der Waals surface area contributed by atoms with Crippen LogP contribution in [-0.2, 0) is 0 Å². The van der Waals surface area contributed by atoms with Crippen molar-refractivity contribution in [2.75, 3.05) is 14.1 Å². The van der Waals surface area contributed by atoms with Gasteiger partial charge in [0.15, 0.2) is 0 Å². The molecule has 0 fully saturated rings. The Morgan fingerprint density at radius 3 is 2.65 bits per heavy atom. The Morgan fingerprint density at radius 1 is 1.35 bits per heavy atom. The zero-order valence-electron chi connectivity index (χ0n) is 11.5. The number of hydrogen-bond donors (Lipinski definition) is 0.